The lowest BCUT2D eigenvalue weighted by atomic mass is 10.1. The molecule has 19 heavy (non-hydrogen) atoms. The van der Waals surface area contributed by atoms with Gasteiger partial charge < -0.3 is 5.11 Å². The average Bonchev–Trinajstić information content (AvgIpc) is 2.88. The van der Waals surface area contributed by atoms with Crippen molar-refractivity contribution < 1.29 is 5.11 Å². The van der Waals surface area contributed by atoms with Gasteiger partial charge in [0.25, 0.3) is 0 Å². The van der Waals surface area contributed by atoms with E-state index in [1.54, 1.807) is 13.1 Å². The molecule has 1 N–H and O–H groups in total. The zero-order valence-corrected chi connectivity index (χ0v) is 11.6. The molecule has 0 fully saturated rings. The van der Waals surface area contributed by atoms with Gasteiger partial charge in [-0.1, -0.05) is 18.2 Å². The normalized spacial score (nSPS) is 12.8. The third kappa shape index (κ3) is 2.25. The molecule has 3 aromatic rings. The fourth-order valence-corrected chi connectivity index (χ4v) is 2.87. The van der Waals surface area contributed by atoms with Gasteiger partial charge in [0.2, 0.25) is 0 Å². The van der Waals surface area contributed by atoms with Gasteiger partial charge >= 0.3 is 0 Å². The minimum atomic E-state index is -0.479. The van der Waals surface area contributed by atoms with Crippen molar-refractivity contribution >= 4 is 22.2 Å². The van der Waals surface area contributed by atoms with Crippen LogP contribution in [-0.2, 0) is 0 Å². The predicted octanol–water partition coefficient (Wildman–Crippen LogP) is 3.72. The van der Waals surface area contributed by atoms with Gasteiger partial charge in [-0.25, -0.2) is 9.97 Å². The van der Waals surface area contributed by atoms with Crippen LogP contribution in [0.5, 0.6) is 0 Å². The Bertz CT molecular complexity index is 734. The van der Waals surface area contributed by atoms with Gasteiger partial charge in [-0.3, -0.25) is 0 Å². The zero-order valence-electron chi connectivity index (χ0n) is 10.8. The summed E-state index contributed by atoms with van der Waals surface area (Å²) < 4.78 is 0. The van der Waals surface area contributed by atoms with E-state index >= 15 is 0 Å². The van der Waals surface area contributed by atoms with Crippen LogP contribution in [0.3, 0.4) is 0 Å². The van der Waals surface area contributed by atoms with E-state index in [4.69, 9.17) is 0 Å². The largest absolute Gasteiger partial charge is 0.388 e. The minimum Gasteiger partial charge on any atom is -0.388 e. The molecule has 0 spiro atoms. The fourth-order valence-electron chi connectivity index (χ4n) is 2.06. The van der Waals surface area contributed by atoms with Crippen molar-refractivity contribution in [3.8, 4) is 10.7 Å². The molecule has 3 rings (SSSR count). The summed E-state index contributed by atoms with van der Waals surface area (Å²) in [7, 11) is 0. The fraction of sp³-hybridized carbons (Fsp3) is 0.200. The second-order valence-electron chi connectivity index (χ2n) is 4.59. The molecular formula is C15H14N2OS. The van der Waals surface area contributed by atoms with E-state index in [1.807, 2.05) is 24.3 Å². The minimum absolute atomic E-state index is 0.479. The van der Waals surface area contributed by atoms with Crippen molar-refractivity contribution in [1.82, 2.24) is 9.97 Å². The second kappa shape index (κ2) is 4.72. The molecule has 1 unspecified atom stereocenters. The number of nitrogens with zero attached hydrogens (tertiary/aromatic N) is 2. The molecule has 0 aliphatic carbocycles. The van der Waals surface area contributed by atoms with E-state index in [0.29, 0.717) is 0 Å². The summed E-state index contributed by atoms with van der Waals surface area (Å²) in [5.41, 5.74) is 3.04. The third-order valence-corrected chi connectivity index (χ3v) is 4.27. The summed E-state index contributed by atoms with van der Waals surface area (Å²) in [6.07, 6.45) is 1.24. The lowest BCUT2D eigenvalue weighted by Gasteiger charge is -2.04. The average molecular weight is 270 g/mol. The number of hydrogen-bond donors (Lipinski definition) is 1. The molecule has 0 bridgehead atoms. The van der Waals surface area contributed by atoms with Crippen LogP contribution in [0.15, 0.2) is 36.5 Å². The van der Waals surface area contributed by atoms with Crippen molar-refractivity contribution in [2.45, 2.75) is 20.0 Å². The summed E-state index contributed by atoms with van der Waals surface area (Å²) in [5, 5.41) is 11.6. The molecule has 4 heteroatoms. The molecule has 96 valence electrons. The summed E-state index contributed by atoms with van der Waals surface area (Å²) >= 11 is 1.49. The number of benzene rings is 1. The number of para-hydroxylation sites is 1. The molecular weight excluding hydrogens is 256 g/mol. The number of aromatic nitrogens is 2. The van der Waals surface area contributed by atoms with Crippen molar-refractivity contribution in [3.63, 3.8) is 0 Å². The molecule has 0 radical (unpaired) electrons. The van der Waals surface area contributed by atoms with Gasteiger partial charge in [0.05, 0.1) is 22.2 Å². The molecule has 1 aromatic carbocycles. The van der Waals surface area contributed by atoms with Crippen LogP contribution in [0.1, 0.15) is 23.5 Å². The summed E-state index contributed by atoms with van der Waals surface area (Å²) in [4.78, 5) is 9.86. The standard InChI is InChI=1S/C15H14N2OS/c1-9-7-13(15-16-8-14(19-15)10(2)18)17-12-6-4-3-5-11(9)12/h3-8,10,18H,1-2H3. The lowest BCUT2D eigenvalue weighted by Crippen LogP contribution is -1.87. The molecule has 1 atom stereocenters. The highest BCUT2D eigenvalue weighted by molar-refractivity contribution is 7.15. The Balaban J connectivity index is 2.14. The Labute approximate surface area is 115 Å². The van der Waals surface area contributed by atoms with Gasteiger partial charge in [-0.15, -0.1) is 11.3 Å². The van der Waals surface area contributed by atoms with E-state index in [9.17, 15) is 5.11 Å². The Kier molecular flexibility index (Phi) is 3.05. The maximum atomic E-state index is 9.56. The molecule has 0 saturated carbocycles. The zero-order chi connectivity index (χ0) is 13.4. The Morgan fingerprint density at radius 2 is 2.05 bits per heavy atom. The first-order valence-corrected chi connectivity index (χ1v) is 6.97. The van der Waals surface area contributed by atoms with Crippen LogP contribution in [-0.4, -0.2) is 15.1 Å². The summed E-state index contributed by atoms with van der Waals surface area (Å²) in [5.74, 6) is 0. The van der Waals surface area contributed by atoms with Crippen LogP contribution >= 0.6 is 11.3 Å². The third-order valence-electron chi connectivity index (χ3n) is 3.08. The molecule has 0 aliphatic heterocycles. The van der Waals surface area contributed by atoms with Crippen LogP contribution in [0.2, 0.25) is 0 Å². The summed E-state index contributed by atoms with van der Waals surface area (Å²) in [6, 6.07) is 10.1. The van der Waals surface area contributed by atoms with Crippen LogP contribution < -0.4 is 0 Å². The van der Waals surface area contributed by atoms with E-state index in [2.05, 4.69) is 23.0 Å². The first-order chi connectivity index (χ1) is 9.15. The molecule has 0 saturated heterocycles. The van der Waals surface area contributed by atoms with Crippen molar-refractivity contribution in [1.29, 1.82) is 0 Å². The maximum absolute atomic E-state index is 9.56. The van der Waals surface area contributed by atoms with Gasteiger partial charge in [-0.05, 0) is 31.5 Å². The molecule has 0 amide bonds. The number of pyridine rings is 1. The van der Waals surface area contributed by atoms with Gasteiger partial charge in [0.1, 0.15) is 5.01 Å². The van der Waals surface area contributed by atoms with Crippen LogP contribution in [0.25, 0.3) is 21.6 Å². The first kappa shape index (κ1) is 12.3. The number of aliphatic hydroxyl groups excluding tert-OH is 1. The Morgan fingerprint density at radius 1 is 1.26 bits per heavy atom. The highest BCUT2D eigenvalue weighted by atomic mass is 32.1. The lowest BCUT2D eigenvalue weighted by molar-refractivity contribution is 0.203. The van der Waals surface area contributed by atoms with Crippen molar-refractivity contribution in [2.75, 3.05) is 0 Å². The van der Waals surface area contributed by atoms with Gasteiger partial charge in [0.15, 0.2) is 0 Å². The van der Waals surface area contributed by atoms with E-state index < -0.39 is 6.10 Å². The Hall–Kier alpha value is -1.78. The first-order valence-electron chi connectivity index (χ1n) is 6.15. The quantitative estimate of drug-likeness (QED) is 0.772. The summed E-state index contributed by atoms with van der Waals surface area (Å²) in [6.45, 7) is 3.83. The van der Waals surface area contributed by atoms with Crippen LogP contribution in [0.4, 0.5) is 0 Å². The number of rotatable bonds is 2. The number of thiazole rings is 1. The second-order valence-corrected chi connectivity index (χ2v) is 5.65. The maximum Gasteiger partial charge on any atom is 0.142 e. The van der Waals surface area contributed by atoms with E-state index in [-0.39, 0.29) is 0 Å². The van der Waals surface area contributed by atoms with Crippen molar-refractivity contribution in [2.24, 2.45) is 0 Å². The molecule has 3 nitrogen and oxygen atoms in total. The smallest absolute Gasteiger partial charge is 0.142 e. The number of hydrogen-bond acceptors (Lipinski definition) is 4. The van der Waals surface area contributed by atoms with E-state index in [1.165, 1.54) is 22.3 Å². The molecule has 2 heterocycles. The van der Waals surface area contributed by atoms with Crippen LogP contribution in [0, 0.1) is 6.92 Å². The number of aliphatic hydroxyl groups is 1. The molecule has 2 aromatic heterocycles. The van der Waals surface area contributed by atoms with Gasteiger partial charge in [-0.2, -0.15) is 0 Å². The van der Waals surface area contributed by atoms with Crippen molar-refractivity contribution in [3.05, 3.63) is 47.0 Å². The highest BCUT2D eigenvalue weighted by Gasteiger charge is 2.11. The monoisotopic (exact) mass is 270 g/mol. The predicted molar refractivity (Wildman–Crippen MR) is 78.2 cm³/mol. The van der Waals surface area contributed by atoms with E-state index in [0.717, 1.165) is 21.1 Å². The Morgan fingerprint density at radius 3 is 2.79 bits per heavy atom. The number of fused-ring (bicyclic) bond motifs is 1. The topological polar surface area (TPSA) is 46.0 Å². The number of aryl methyl sites for hydroxylation is 1. The highest BCUT2D eigenvalue weighted by Crippen LogP contribution is 2.29. The SMILES string of the molecule is Cc1cc(-c2ncc(C(C)O)s2)nc2ccccc12. The van der Waals surface area contributed by atoms with Gasteiger partial charge in [0, 0.05) is 11.6 Å². The molecule has 0 aliphatic rings.